The fraction of sp³-hybridized carbons (Fsp3) is 0.100. The number of aryl methyl sites for hydroxylation is 1. The average Bonchev–Trinajstić information content (AvgIpc) is 3.06. The molecule has 130 valence electrons. The Morgan fingerprint density at radius 2 is 1.88 bits per heavy atom. The molecule has 2 heterocycles. The van der Waals surface area contributed by atoms with Crippen LogP contribution in [0.2, 0.25) is 0 Å². The lowest BCUT2D eigenvalue weighted by Crippen LogP contribution is -2.02. The quantitative estimate of drug-likeness (QED) is 0.514. The summed E-state index contributed by atoms with van der Waals surface area (Å²) in [7, 11) is 1.67. The number of nitrogens with zero attached hydrogens (tertiary/aromatic N) is 3. The third-order valence-corrected chi connectivity index (χ3v) is 4.83. The molecule has 1 N–H and O–H groups in total. The van der Waals surface area contributed by atoms with Crippen LogP contribution in [0.5, 0.6) is 5.75 Å². The van der Waals surface area contributed by atoms with Crippen molar-refractivity contribution in [3.8, 4) is 11.4 Å². The number of pyridine rings is 1. The Bertz CT molecular complexity index is 1040. The monoisotopic (exact) mass is 362 g/mol. The number of aromatic nitrogens is 3. The van der Waals surface area contributed by atoms with Crippen LogP contribution < -0.4 is 9.46 Å². The maximum absolute atomic E-state index is 5.20. The van der Waals surface area contributed by atoms with Crippen LogP contribution in [0.15, 0.2) is 71.8 Å². The zero-order chi connectivity index (χ0) is 17.9. The van der Waals surface area contributed by atoms with Crippen molar-refractivity contribution in [1.29, 1.82) is 0 Å². The van der Waals surface area contributed by atoms with Gasteiger partial charge in [0.2, 0.25) is 0 Å². The van der Waals surface area contributed by atoms with E-state index in [1.807, 2.05) is 60.1 Å². The van der Waals surface area contributed by atoms with Crippen molar-refractivity contribution in [2.24, 2.45) is 0 Å². The van der Waals surface area contributed by atoms with Gasteiger partial charge in [-0.05, 0) is 67.4 Å². The highest BCUT2D eigenvalue weighted by molar-refractivity contribution is 8.00. The number of nitrogens with one attached hydrogen (secondary N) is 1. The van der Waals surface area contributed by atoms with Gasteiger partial charge in [-0.1, -0.05) is 6.07 Å². The molecular weight excluding hydrogens is 344 g/mol. The van der Waals surface area contributed by atoms with Crippen molar-refractivity contribution in [3.05, 3.63) is 72.6 Å². The number of rotatable bonds is 5. The standard InChI is InChI=1S/C20H18N4OS/c1-14-13-20(23-26-16-10-8-15(25-2)9-11-16)24(22-14)19-7-3-6-18-17(19)5-4-12-21-18/h3-13,23H,1-2H3. The molecule has 0 saturated heterocycles. The smallest absolute Gasteiger partial charge is 0.140 e. The first-order valence-corrected chi connectivity index (χ1v) is 9.04. The van der Waals surface area contributed by atoms with Crippen LogP contribution in [0.3, 0.4) is 0 Å². The summed E-state index contributed by atoms with van der Waals surface area (Å²) in [6, 6.07) is 20.0. The second-order valence-electron chi connectivity index (χ2n) is 5.81. The van der Waals surface area contributed by atoms with E-state index in [4.69, 9.17) is 4.74 Å². The Labute approximate surface area is 156 Å². The molecule has 4 rings (SSSR count). The maximum Gasteiger partial charge on any atom is 0.140 e. The van der Waals surface area contributed by atoms with Gasteiger partial charge in [0.1, 0.15) is 11.6 Å². The molecule has 0 bridgehead atoms. The highest BCUT2D eigenvalue weighted by Crippen LogP contribution is 2.28. The molecule has 0 saturated carbocycles. The number of methoxy groups -OCH3 is 1. The van der Waals surface area contributed by atoms with Crippen molar-refractivity contribution in [2.45, 2.75) is 11.8 Å². The summed E-state index contributed by atoms with van der Waals surface area (Å²) in [4.78, 5) is 5.53. The highest BCUT2D eigenvalue weighted by atomic mass is 32.2. The van der Waals surface area contributed by atoms with Gasteiger partial charge in [0.15, 0.2) is 0 Å². The summed E-state index contributed by atoms with van der Waals surface area (Å²) in [6.45, 7) is 1.99. The Balaban J connectivity index is 1.66. The minimum atomic E-state index is 0.846. The molecule has 26 heavy (non-hydrogen) atoms. The number of anilines is 1. The molecule has 0 radical (unpaired) electrons. The molecule has 0 aliphatic rings. The average molecular weight is 362 g/mol. The summed E-state index contributed by atoms with van der Waals surface area (Å²) in [6.07, 6.45) is 1.80. The molecule has 2 aromatic carbocycles. The van der Waals surface area contributed by atoms with Gasteiger partial charge in [-0.15, -0.1) is 0 Å². The van der Waals surface area contributed by atoms with Crippen LogP contribution >= 0.6 is 11.9 Å². The predicted octanol–water partition coefficient (Wildman–Crippen LogP) is 4.86. The molecule has 0 aliphatic heterocycles. The van der Waals surface area contributed by atoms with Gasteiger partial charge in [-0.3, -0.25) is 4.98 Å². The first-order chi connectivity index (χ1) is 12.7. The molecule has 4 aromatic rings. The first-order valence-electron chi connectivity index (χ1n) is 8.22. The minimum Gasteiger partial charge on any atom is -0.497 e. The number of hydrogen-bond acceptors (Lipinski definition) is 5. The van der Waals surface area contributed by atoms with E-state index in [1.165, 1.54) is 11.9 Å². The Morgan fingerprint density at radius 1 is 1.04 bits per heavy atom. The van der Waals surface area contributed by atoms with Gasteiger partial charge in [0.05, 0.1) is 24.0 Å². The van der Waals surface area contributed by atoms with Gasteiger partial charge in [-0.2, -0.15) is 5.10 Å². The summed E-state index contributed by atoms with van der Waals surface area (Å²) in [5, 5.41) is 5.73. The van der Waals surface area contributed by atoms with E-state index in [1.54, 1.807) is 13.3 Å². The summed E-state index contributed by atoms with van der Waals surface area (Å²) in [5.41, 5.74) is 2.90. The van der Waals surface area contributed by atoms with Gasteiger partial charge in [0, 0.05) is 22.5 Å². The van der Waals surface area contributed by atoms with Crippen molar-refractivity contribution in [2.75, 3.05) is 11.8 Å². The van der Waals surface area contributed by atoms with Crippen LogP contribution in [-0.2, 0) is 0 Å². The van der Waals surface area contributed by atoms with E-state index in [9.17, 15) is 0 Å². The topological polar surface area (TPSA) is 52.0 Å². The van der Waals surface area contributed by atoms with Crippen molar-refractivity contribution < 1.29 is 4.74 Å². The largest absolute Gasteiger partial charge is 0.497 e. The van der Waals surface area contributed by atoms with Crippen LogP contribution in [0.25, 0.3) is 16.6 Å². The van der Waals surface area contributed by atoms with E-state index >= 15 is 0 Å². The Kier molecular flexibility index (Phi) is 4.50. The maximum atomic E-state index is 5.20. The minimum absolute atomic E-state index is 0.846. The molecule has 0 atom stereocenters. The summed E-state index contributed by atoms with van der Waals surface area (Å²) in [5.74, 6) is 1.76. The fourth-order valence-corrected chi connectivity index (χ4v) is 3.42. The van der Waals surface area contributed by atoms with Crippen molar-refractivity contribution >= 4 is 28.7 Å². The van der Waals surface area contributed by atoms with Crippen LogP contribution in [0, 0.1) is 6.92 Å². The van der Waals surface area contributed by atoms with Crippen LogP contribution in [0.4, 0.5) is 5.82 Å². The van der Waals surface area contributed by atoms with Crippen molar-refractivity contribution in [1.82, 2.24) is 14.8 Å². The van der Waals surface area contributed by atoms with Crippen LogP contribution in [0.1, 0.15) is 5.69 Å². The summed E-state index contributed by atoms with van der Waals surface area (Å²) < 4.78 is 10.5. The van der Waals surface area contributed by atoms with E-state index in [0.717, 1.165) is 38.7 Å². The van der Waals surface area contributed by atoms with Crippen LogP contribution in [-0.4, -0.2) is 21.9 Å². The summed E-state index contributed by atoms with van der Waals surface area (Å²) >= 11 is 1.54. The lowest BCUT2D eigenvalue weighted by molar-refractivity contribution is 0.414. The molecule has 6 heteroatoms. The van der Waals surface area contributed by atoms with Gasteiger partial charge >= 0.3 is 0 Å². The zero-order valence-corrected chi connectivity index (χ0v) is 15.3. The van der Waals surface area contributed by atoms with E-state index in [-0.39, 0.29) is 0 Å². The van der Waals surface area contributed by atoms with Gasteiger partial charge in [0.25, 0.3) is 0 Å². The van der Waals surface area contributed by atoms with Crippen molar-refractivity contribution in [3.63, 3.8) is 0 Å². The normalized spacial score (nSPS) is 10.8. The van der Waals surface area contributed by atoms with E-state index < -0.39 is 0 Å². The molecule has 5 nitrogen and oxygen atoms in total. The highest BCUT2D eigenvalue weighted by Gasteiger charge is 2.11. The van der Waals surface area contributed by atoms with Gasteiger partial charge in [-0.25, -0.2) is 4.68 Å². The fourth-order valence-electron chi connectivity index (χ4n) is 2.78. The number of ether oxygens (including phenoxy) is 1. The van der Waals surface area contributed by atoms with E-state index in [0.29, 0.717) is 0 Å². The lowest BCUT2D eigenvalue weighted by Gasteiger charge is -2.11. The molecule has 0 aliphatic carbocycles. The van der Waals surface area contributed by atoms with Gasteiger partial charge < -0.3 is 9.46 Å². The second kappa shape index (κ2) is 7.09. The Morgan fingerprint density at radius 3 is 2.69 bits per heavy atom. The molecule has 0 amide bonds. The molecule has 0 fully saturated rings. The number of benzene rings is 2. The Hall–Kier alpha value is -2.99. The lowest BCUT2D eigenvalue weighted by atomic mass is 10.2. The molecule has 2 aromatic heterocycles. The predicted molar refractivity (Wildman–Crippen MR) is 106 cm³/mol. The number of hydrogen-bond donors (Lipinski definition) is 1. The zero-order valence-electron chi connectivity index (χ0n) is 14.5. The second-order valence-corrected chi connectivity index (χ2v) is 6.69. The van der Waals surface area contributed by atoms with E-state index in [2.05, 4.69) is 26.9 Å². The number of fused-ring (bicyclic) bond motifs is 1. The third kappa shape index (κ3) is 3.23. The first kappa shape index (κ1) is 16.5. The molecule has 0 unspecified atom stereocenters. The third-order valence-electron chi connectivity index (χ3n) is 4.02. The molecule has 0 spiro atoms. The SMILES string of the molecule is COc1ccc(SNc2cc(C)nn2-c2cccc3ncccc23)cc1. The molecular formula is C20H18N4OS.